The number of esters is 1. The highest BCUT2D eigenvalue weighted by Crippen LogP contribution is 2.36. The van der Waals surface area contributed by atoms with Gasteiger partial charge in [-0.2, -0.15) is 0 Å². The molecule has 1 aliphatic rings. The van der Waals surface area contributed by atoms with Crippen LogP contribution in [0.4, 0.5) is 0 Å². The molecule has 2 heterocycles. The standard InChI is InChI=1S/C17H19N3O5/c1-23-10-13-18-19-14(25-13)15(21)20-9-8-17(11-20,16(22)24-2)12-6-4-3-5-7-12/h3-7H,8-11H2,1-2H3/t17-/m1/s1. The molecule has 2 aromatic rings. The van der Waals surface area contributed by atoms with Crippen LogP contribution in [0, 0.1) is 0 Å². The lowest BCUT2D eigenvalue weighted by Crippen LogP contribution is -2.41. The first kappa shape index (κ1) is 17.1. The van der Waals surface area contributed by atoms with Gasteiger partial charge in [0.15, 0.2) is 0 Å². The third-order valence-corrected chi connectivity index (χ3v) is 4.38. The van der Waals surface area contributed by atoms with Crippen molar-refractivity contribution in [2.75, 3.05) is 27.3 Å². The summed E-state index contributed by atoms with van der Waals surface area (Å²) in [6.07, 6.45) is 0.467. The zero-order valence-corrected chi connectivity index (χ0v) is 14.1. The first-order valence-corrected chi connectivity index (χ1v) is 7.85. The number of aromatic nitrogens is 2. The number of ether oxygens (including phenoxy) is 2. The molecule has 8 heteroatoms. The summed E-state index contributed by atoms with van der Waals surface area (Å²) in [6.45, 7) is 0.728. The van der Waals surface area contributed by atoms with E-state index in [-0.39, 0.29) is 30.9 Å². The second kappa shape index (κ2) is 7.02. The van der Waals surface area contributed by atoms with Crippen molar-refractivity contribution in [2.24, 2.45) is 0 Å². The highest BCUT2D eigenvalue weighted by molar-refractivity contribution is 5.92. The van der Waals surface area contributed by atoms with Crippen LogP contribution >= 0.6 is 0 Å². The van der Waals surface area contributed by atoms with Crippen molar-refractivity contribution in [1.29, 1.82) is 0 Å². The Morgan fingerprint density at radius 3 is 2.68 bits per heavy atom. The molecule has 0 aliphatic carbocycles. The van der Waals surface area contributed by atoms with Gasteiger partial charge in [-0.3, -0.25) is 9.59 Å². The Morgan fingerprint density at radius 2 is 2.00 bits per heavy atom. The average molecular weight is 345 g/mol. The molecule has 0 bridgehead atoms. The van der Waals surface area contributed by atoms with Crippen LogP contribution in [0.1, 0.15) is 28.6 Å². The summed E-state index contributed by atoms with van der Waals surface area (Å²) in [5.74, 6) is -0.649. The van der Waals surface area contributed by atoms with Gasteiger partial charge in [-0.1, -0.05) is 30.3 Å². The van der Waals surface area contributed by atoms with Gasteiger partial charge in [0.25, 0.3) is 0 Å². The highest BCUT2D eigenvalue weighted by atomic mass is 16.5. The maximum Gasteiger partial charge on any atom is 0.318 e. The average Bonchev–Trinajstić information content (AvgIpc) is 3.30. The van der Waals surface area contributed by atoms with E-state index >= 15 is 0 Å². The van der Waals surface area contributed by atoms with Crippen molar-refractivity contribution in [3.8, 4) is 0 Å². The van der Waals surface area contributed by atoms with E-state index in [0.29, 0.717) is 13.0 Å². The Balaban J connectivity index is 1.84. The fourth-order valence-electron chi connectivity index (χ4n) is 3.11. The summed E-state index contributed by atoms with van der Waals surface area (Å²) in [5, 5.41) is 7.52. The second-order valence-corrected chi connectivity index (χ2v) is 5.85. The Kier molecular flexibility index (Phi) is 4.80. The van der Waals surface area contributed by atoms with Gasteiger partial charge in [-0.15, -0.1) is 10.2 Å². The molecule has 3 rings (SSSR count). The van der Waals surface area contributed by atoms with Crippen LogP contribution in [0.15, 0.2) is 34.7 Å². The molecule has 1 aromatic carbocycles. The van der Waals surface area contributed by atoms with E-state index in [1.807, 2.05) is 30.3 Å². The molecular weight excluding hydrogens is 326 g/mol. The molecule has 25 heavy (non-hydrogen) atoms. The van der Waals surface area contributed by atoms with Gasteiger partial charge >= 0.3 is 17.8 Å². The molecular formula is C17H19N3O5. The molecule has 1 amide bonds. The summed E-state index contributed by atoms with van der Waals surface area (Å²) in [4.78, 5) is 26.7. The molecule has 1 saturated heterocycles. The largest absolute Gasteiger partial charge is 0.468 e. The van der Waals surface area contributed by atoms with Gasteiger partial charge in [-0.05, 0) is 12.0 Å². The van der Waals surface area contributed by atoms with Crippen molar-refractivity contribution in [1.82, 2.24) is 15.1 Å². The summed E-state index contributed by atoms with van der Waals surface area (Å²) >= 11 is 0. The van der Waals surface area contributed by atoms with E-state index < -0.39 is 11.3 Å². The predicted octanol–water partition coefficient (Wildman–Crippen LogP) is 1.17. The van der Waals surface area contributed by atoms with Gasteiger partial charge in [-0.25, -0.2) is 0 Å². The van der Waals surface area contributed by atoms with Crippen molar-refractivity contribution in [3.05, 3.63) is 47.7 Å². The molecule has 0 saturated carbocycles. The number of likely N-dealkylation sites (tertiary alicyclic amines) is 1. The van der Waals surface area contributed by atoms with E-state index in [4.69, 9.17) is 13.9 Å². The first-order chi connectivity index (χ1) is 12.1. The number of hydrogen-bond donors (Lipinski definition) is 0. The SMILES string of the molecule is COCc1nnc(C(=O)N2CC[C@](C(=O)OC)(c3ccccc3)C2)o1. The van der Waals surface area contributed by atoms with Crippen molar-refractivity contribution >= 4 is 11.9 Å². The third kappa shape index (κ3) is 3.12. The fourth-order valence-corrected chi connectivity index (χ4v) is 3.11. The smallest absolute Gasteiger partial charge is 0.318 e. The monoisotopic (exact) mass is 345 g/mol. The Labute approximate surface area is 144 Å². The summed E-state index contributed by atoms with van der Waals surface area (Å²) in [5.41, 5.74) is -0.0659. The molecule has 0 radical (unpaired) electrons. The van der Waals surface area contributed by atoms with Crippen LogP contribution < -0.4 is 0 Å². The lowest BCUT2D eigenvalue weighted by atomic mass is 9.79. The summed E-state index contributed by atoms with van der Waals surface area (Å²) in [6, 6.07) is 9.34. The lowest BCUT2D eigenvalue weighted by Gasteiger charge is -2.26. The molecule has 0 unspecified atom stereocenters. The number of nitrogens with zero attached hydrogens (tertiary/aromatic N) is 3. The van der Waals surface area contributed by atoms with Crippen LogP contribution in [-0.4, -0.2) is 54.3 Å². The third-order valence-electron chi connectivity index (χ3n) is 4.38. The van der Waals surface area contributed by atoms with Crippen LogP contribution in [0.3, 0.4) is 0 Å². The Bertz CT molecular complexity index is 761. The van der Waals surface area contributed by atoms with Crippen LogP contribution in [-0.2, 0) is 26.3 Å². The number of amides is 1. The van der Waals surface area contributed by atoms with Gasteiger partial charge in [0.2, 0.25) is 5.89 Å². The zero-order chi connectivity index (χ0) is 17.9. The van der Waals surface area contributed by atoms with Gasteiger partial charge in [0.05, 0.1) is 7.11 Å². The van der Waals surface area contributed by atoms with E-state index in [2.05, 4.69) is 10.2 Å². The summed E-state index contributed by atoms with van der Waals surface area (Å²) < 4.78 is 15.2. The lowest BCUT2D eigenvalue weighted by molar-refractivity contribution is -0.147. The van der Waals surface area contributed by atoms with Crippen molar-refractivity contribution in [2.45, 2.75) is 18.4 Å². The van der Waals surface area contributed by atoms with Crippen LogP contribution in [0.5, 0.6) is 0 Å². The van der Waals surface area contributed by atoms with E-state index in [9.17, 15) is 9.59 Å². The summed E-state index contributed by atoms with van der Waals surface area (Å²) in [7, 11) is 2.85. The quantitative estimate of drug-likeness (QED) is 0.751. The number of benzene rings is 1. The normalized spacial score (nSPS) is 19.8. The molecule has 132 valence electrons. The minimum Gasteiger partial charge on any atom is -0.468 e. The topological polar surface area (TPSA) is 94.8 Å². The minimum atomic E-state index is -0.888. The first-order valence-electron chi connectivity index (χ1n) is 7.85. The molecule has 1 aliphatic heterocycles. The van der Waals surface area contributed by atoms with Gasteiger partial charge in [0.1, 0.15) is 12.0 Å². The highest BCUT2D eigenvalue weighted by Gasteiger charge is 2.49. The predicted molar refractivity (Wildman–Crippen MR) is 85.7 cm³/mol. The van der Waals surface area contributed by atoms with Crippen LogP contribution in [0.25, 0.3) is 0 Å². The van der Waals surface area contributed by atoms with Crippen molar-refractivity contribution in [3.63, 3.8) is 0 Å². The molecule has 8 nitrogen and oxygen atoms in total. The fraction of sp³-hybridized carbons (Fsp3) is 0.412. The molecule has 1 atom stereocenters. The second-order valence-electron chi connectivity index (χ2n) is 5.85. The van der Waals surface area contributed by atoms with Crippen molar-refractivity contribution < 1.29 is 23.5 Å². The van der Waals surface area contributed by atoms with E-state index in [0.717, 1.165) is 5.56 Å². The Hall–Kier alpha value is -2.74. The number of carbonyl (C=O) groups excluding carboxylic acids is 2. The zero-order valence-electron chi connectivity index (χ0n) is 14.1. The van der Waals surface area contributed by atoms with E-state index in [1.165, 1.54) is 19.1 Å². The number of carbonyl (C=O) groups is 2. The number of hydrogen-bond acceptors (Lipinski definition) is 7. The maximum absolute atomic E-state index is 12.6. The molecule has 1 aromatic heterocycles. The van der Waals surface area contributed by atoms with Crippen LogP contribution in [0.2, 0.25) is 0 Å². The minimum absolute atomic E-state index is 0.110. The van der Waals surface area contributed by atoms with E-state index in [1.54, 1.807) is 0 Å². The molecule has 1 fully saturated rings. The molecule has 0 N–H and O–H groups in total. The number of rotatable bonds is 5. The number of methoxy groups -OCH3 is 2. The maximum atomic E-state index is 12.6. The Morgan fingerprint density at radius 1 is 1.24 bits per heavy atom. The van der Waals surface area contributed by atoms with Gasteiger partial charge in [0, 0.05) is 20.2 Å². The molecule has 0 spiro atoms. The van der Waals surface area contributed by atoms with Gasteiger partial charge < -0.3 is 18.8 Å².